The van der Waals surface area contributed by atoms with Gasteiger partial charge in [0, 0.05) is 24.2 Å². The summed E-state index contributed by atoms with van der Waals surface area (Å²) in [6, 6.07) is 8.64. The van der Waals surface area contributed by atoms with Crippen LogP contribution < -0.4 is 18.9 Å². The average molecular weight is 351 g/mol. The van der Waals surface area contributed by atoms with Gasteiger partial charge in [-0.3, -0.25) is 0 Å². The van der Waals surface area contributed by atoms with Gasteiger partial charge < -0.3 is 23.8 Å². The summed E-state index contributed by atoms with van der Waals surface area (Å²) in [5.41, 5.74) is 5.00. The summed E-state index contributed by atoms with van der Waals surface area (Å²) in [7, 11) is 3.35. The van der Waals surface area contributed by atoms with Crippen LogP contribution in [0.2, 0.25) is 0 Å². The Labute approximate surface area is 152 Å². The molecule has 0 radical (unpaired) electrons. The highest BCUT2D eigenvalue weighted by Gasteiger charge is 2.38. The van der Waals surface area contributed by atoms with E-state index in [9.17, 15) is 0 Å². The number of nitrogens with zero attached hydrogens (tertiary/aromatic N) is 1. The largest absolute Gasteiger partial charge is 0.493 e. The molecule has 2 aromatic carbocycles. The van der Waals surface area contributed by atoms with Crippen molar-refractivity contribution in [3.8, 4) is 23.0 Å². The quantitative estimate of drug-likeness (QED) is 0.815. The lowest BCUT2D eigenvalue weighted by Gasteiger charge is -2.43. The first-order valence-corrected chi connectivity index (χ1v) is 8.82. The Morgan fingerprint density at radius 3 is 2.65 bits per heavy atom. The van der Waals surface area contributed by atoms with Crippen molar-refractivity contribution in [3.05, 3.63) is 52.7 Å². The van der Waals surface area contributed by atoms with E-state index in [1.807, 2.05) is 6.07 Å². The van der Waals surface area contributed by atoms with E-state index in [1.165, 1.54) is 22.3 Å². The van der Waals surface area contributed by atoms with E-state index in [-0.39, 0.29) is 6.04 Å². The standard InChI is InChI=1S/C21H21NO4/c1-12-14-4-5-17-21(26-11-25-17)16(14)10-22-7-6-13-8-18(23-2)19(24-3)9-15(13)20(12)22/h4-9,12,20H,10-11H2,1-3H3/t12-,20+/m1/s1. The molecular weight excluding hydrogens is 330 g/mol. The molecule has 0 saturated carbocycles. The van der Waals surface area contributed by atoms with Crippen LogP contribution in [0.1, 0.15) is 41.1 Å². The fourth-order valence-corrected chi connectivity index (χ4v) is 4.45. The van der Waals surface area contributed by atoms with E-state index in [2.05, 4.69) is 42.3 Å². The monoisotopic (exact) mass is 351 g/mol. The van der Waals surface area contributed by atoms with Gasteiger partial charge in [-0.25, -0.2) is 0 Å². The molecule has 0 unspecified atom stereocenters. The molecule has 0 amide bonds. The van der Waals surface area contributed by atoms with Crippen molar-refractivity contribution in [3.63, 3.8) is 0 Å². The Morgan fingerprint density at radius 1 is 1.04 bits per heavy atom. The smallest absolute Gasteiger partial charge is 0.231 e. The summed E-state index contributed by atoms with van der Waals surface area (Å²) in [6.07, 6.45) is 4.32. The van der Waals surface area contributed by atoms with E-state index in [4.69, 9.17) is 18.9 Å². The average Bonchev–Trinajstić information content (AvgIpc) is 3.15. The minimum Gasteiger partial charge on any atom is -0.493 e. The van der Waals surface area contributed by atoms with Crippen LogP contribution in [-0.2, 0) is 6.54 Å². The molecular formula is C21H21NO4. The van der Waals surface area contributed by atoms with Crippen molar-refractivity contribution in [2.24, 2.45) is 0 Å². The molecule has 0 saturated heterocycles. The van der Waals surface area contributed by atoms with Gasteiger partial charge in [0.2, 0.25) is 6.79 Å². The fraction of sp³-hybridized carbons (Fsp3) is 0.333. The maximum absolute atomic E-state index is 5.75. The van der Waals surface area contributed by atoms with Gasteiger partial charge in [0.25, 0.3) is 0 Å². The van der Waals surface area contributed by atoms with Crippen molar-refractivity contribution in [1.82, 2.24) is 4.90 Å². The number of fused-ring (bicyclic) bond motifs is 6. The summed E-state index contributed by atoms with van der Waals surface area (Å²) >= 11 is 0. The van der Waals surface area contributed by atoms with Crippen LogP contribution in [0.5, 0.6) is 23.0 Å². The molecule has 3 heterocycles. The second-order valence-corrected chi connectivity index (χ2v) is 6.92. The van der Waals surface area contributed by atoms with E-state index in [0.717, 1.165) is 29.5 Å². The molecule has 0 N–H and O–H groups in total. The molecule has 0 aliphatic carbocycles. The van der Waals surface area contributed by atoms with Crippen LogP contribution >= 0.6 is 0 Å². The molecule has 26 heavy (non-hydrogen) atoms. The molecule has 0 spiro atoms. The minimum atomic E-state index is 0.252. The lowest BCUT2D eigenvalue weighted by atomic mass is 9.78. The first-order valence-electron chi connectivity index (χ1n) is 8.82. The lowest BCUT2D eigenvalue weighted by Crippen LogP contribution is -2.34. The molecule has 3 aliphatic heterocycles. The van der Waals surface area contributed by atoms with Gasteiger partial charge in [-0.05, 0) is 41.0 Å². The number of rotatable bonds is 2. The van der Waals surface area contributed by atoms with Gasteiger partial charge in [-0.15, -0.1) is 0 Å². The highest BCUT2D eigenvalue weighted by atomic mass is 16.7. The first kappa shape index (κ1) is 15.4. The summed E-state index contributed by atoms with van der Waals surface area (Å²) in [6.45, 7) is 3.39. The van der Waals surface area contributed by atoms with Crippen molar-refractivity contribution < 1.29 is 18.9 Å². The van der Waals surface area contributed by atoms with E-state index >= 15 is 0 Å². The Morgan fingerprint density at radius 2 is 1.85 bits per heavy atom. The van der Waals surface area contributed by atoms with Crippen LogP contribution in [0.25, 0.3) is 6.08 Å². The zero-order chi connectivity index (χ0) is 17.8. The van der Waals surface area contributed by atoms with Crippen molar-refractivity contribution >= 4 is 6.08 Å². The summed E-state index contributed by atoms with van der Waals surface area (Å²) < 4.78 is 22.3. The Hall–Kier alpha value is -2.82. The topological polar surface area (TPSA) is 40.2 Å². The van der Waals surface area contributed by atoms with Gasteiger partial charge >= 0.3 is 0 Å². The summed E-state index contributed by atoms with van der Waals surface area (Å²) in [4.78, 5) is 2.38. The van der Waals surface area contributed by atoms with E-state index in [0.29, 0.717) is 12.7 Å². The highest BCUT2D eigenvalue weighted by Crippen LogP contribution is 2.51. The van der Waals surface area contributed by atoms with Gasteiger partial charge in [0.05, 0.1) is 20.3 Å². The lowest BCUT2D eigenvalue weighted by molar-refractivity contribution is 0.169. The van der Waals surface area contributed by atoms with E-state index in [1.54, 1.807) is 14.2 Å². The predicted octanol–water partition coefficient (Wildman–Crippen LogP) is 4.08. The third kappa shape index (κ3) is 2.03. The number of hydrogen-bond acceptors (Lipinski definition) is 5. The maximum Gasteiger partial charge on any atom is 0.231 e. The molecule has 0 aromatic heterocycles. The molecule has 0 fully saturated rings. The normalized spacial score (nSPS) is 21.7. The fourth-order valence-electron chi connectivity index (χ4n) is 4.45. The number of methoxy groups -OCH3 is 2. The minimum absolute atomic E-state index is 0.252. The zero-order valence-electron chi connectivity index (χ0n) is 15.1. The predicted molar refractivity (Wildman–Crippen MR) is 97.8 cm³/mol. The first-order chi connectivity index (χ1) is 12.7. The van der Waals surface area contributed by atoms with Crippen molar-refractivity contribution in [1.29, 1.82) is 0 Å². The molecule has 5 rings (SSSR count). The van der Waals surface area contributed by atoms with Crippen LogP contribution in [0.15, 0.2) is 30.5 Å². The van der Waals surface area contributed by atoms with Crippen molar-refractivity contribution in [2.45, 2.75) is 25.4 Å². The maximum atomic E-state index is 5.75. The summed E-state index contributed by atoms with van der Waals surface area (Å²) in [5, 5.41) is 0. The number of ether oxygens (including phenoxy) is 4. The molecule has 2 aromatic rings. The van der Waals surface area contributed by atoms with Gasteiger partial charge in [-0.1, -0.05) is 13.0 Å². The Kier molecular flexibility index (Phi) is 3.32. The zero-order valence-corrected chi connectivity index (χ0v) is 15.1. The molecule has 5 nitrogen and oxygen atoms in total. The molecule has 134 valence electrons. The van der Waals surface area contributed by atoms with Crippen molar-refractivity contribution in [2.75, 3.05) is 21.0 Å². The Bertz CT molecular complexity index is 921. The van der Waals surface area contributed by atoms with Gasteiger partial charge in [0.1, 0.15) is 0 Å². The van der Waals surface area contributed by atoms with Crippen LogP contribution in [0, 0.1) is 0 Å². The van der Waals surface area contributed by atoms with Crippen LogP contribution in [-0.4, -0.2) is 25.9 Å². The molecule has 5 heteroatoms. The summed E-state index contributed by atoms with van der Waals surface area (Å²) in [5.74, 6) is 3.60. The second-order valence-electron chi connectivity index (χ2n) is 6.92. The molecule has 2 atom stereocenters. The van der Waals surface area contributed by atoms with E-state index < -0.39 is 0 Å². The molecule has 0 bridgehead atoms. The Balaban J connectivity index is 1.64. The van der Waals surface area contributed by atoms with Crippen LogP contribution in [0.4, 0.5) is 0 Å². The van der Waals surface area contributed by atoms with Crippen LogP contribution in [0.3, 0.4) is 0 Å². The number of hydrogen-bond donors (Lipinski definition) is 0. The van der Waals surface area contributed by atoms with Gasteiger partial charge in [-0.2, -0.15) is 0 Å². The highest BCUT2D eigenvalue weighted by molar-refractivity contribution is 5.65. The SMILES string of the molecule is COc1cc2c(cc1OC)[C@@H]1[C@H](C)c3ccc4c(c3CN1C=C2)OCO4. The third-order valence-electron chi connectivity index (χ3n) is 5.69. The van der Waals surface area contributed by atoms with Gasteiger partial charge in [0.15, 0.2) is 23.0 Å². The number of benzene rings is 2. The molecule has 3 aliphatic rings. The second kappa shape index (κ2) is 5.59. The third-order valence-corrected chi connectivity index (χ3v) is 5.69.